The predicted octanol–water partition coefficient (Wildman–Crippen LogP) is 5.03. The summed E-state index contributed by atoms with van der Waals surface area (Å²) in [6, 6.07) is 16.1. The van der Waals surface area contributed by atoms with Gasteiger partial charge in [-0.15, -0.1) is 0 Å². The highest BCUT2D eigenvalue weighted by Gasteiger charge is 2.33. The monoisotopic (exact) mass is 538 g/mol. The summed E-state index contributed by atoms with van der Waals surface area (Å²) in [6.07, 6.45) is 2.91. The number of nitrogens with zero attached hydrogens (tertiary/aromatic N) is 1. The van der Waals surface area contributed by atoms with Crippen LogP contribution in [0.1, 0.15) is 34.7 Å². The summed E-state index contributed by atoms with van der Waals surface area (Å²) in [5.74, 6) is 0.797. The molecule has 2 N–H and O–H groups in total. The number of rotatable bonds is 9. The molecule has 0 spiro atoms. The van der Waals surface area contributed by atoms with E-state index in [-0.39, 0.29) is 30.8 Å². The molecular formula is C28H27FN2O6S. The van der Waals surface area contributed by atoms with Crippen LogP contribution in [0.5, 0.6) is 11.5 Å². The number of carbonyl (C=O) groups is 1. The summed E-state index contributed by atoms with van der Waals surface area (Å²) in [6.45, 7) is -0.427. The van der Waals surface area contributed by atoms with Gasteiger partial charge in [0.15, 0.2) is 0 Å². The first-order valence-corrected chi connectivity index (χ1v) is 14.0. The second-order valence-electron chi connectivity index (χ2n) is 9.21. The SMILES string of the molecule is CNC(=O)c1c(-c2ccc(Oc3ccc(F)cc3)cc2)oc2cc(N(CCO)S(C)(=O)=O)c(C3CC3)cc12. The quantitative estimate of drug-likeness (QED) is 0.310. The van der Waals surface area contributed by atoms with E-state index in [1.54, 1.807) is 30.3 Å². The van der Waals surface area contributed by atoms with Crippen molar-refractivity contribution in [3.63, 3.8) is 0 Å². The molecule has 5 rings (SSSR count). The number of benzene rings is 3. The Morgan fingerprint density at radius 3 is 2.29 bits per heavy atom. The maximum atomic E-state index is 13.2. The van der Waals surface area contributed by atoms with Crippen LogP contribution >= 0.6 is 0 Å². The topological polar surface area (TPSA) is 109 Å². The van der Waals surface area contributed by atoms with Crippen molar-refractivity contribution in [3.05, 3.63) is 77.6 Å². The van der Waals surface area contributed by atoms with Gasteiger partial charge >= 0.3 is 0 Å². The Hall–Kier alpha value is -3.89. The number of aliphatic hydroxyl groups is 1. The van der Waals surface area contributed by atoms with E-state index in [0.717, 1.165) is 24.7 Å². The Balaban J connectivity index is 1.60. The van der Waals surface area contributed by atoms with Crippen LogP contribution in [0.4, 0.5) is 10.1 Å². The minimum Gasteiger partial charge on any atom is -0.457 e. The molecule has 0 unspecified atom stereocenters. The third kappa shape index (κ3) is 5.09. The van der Waals surface area contributed by atoms with Gasteiger partial charge in [-0.2, -0.15) is 0 Å². The van der Waals surface area contributed by atoms with Crippen molar-refractivity contribution in [2.24, 2.45) is 0 Å². The molecule has 0 atom stereocenters. The summed E-state index contributed by atoms with van der Waals surface area (Å²) in [4.78, 5) is 13.0. The highest BCUT2D eigenvalue weighted by molar-refractivity contribution is 7.92. The minimum absolute atomic E-state index is 0.0879. The van der Waals surface area contributed by atoms with Crippen molar-refractivity contribution in [2.75, 3.05) is 30.8 Å². The molecule has 4 aromatic rings. The van der Waals surface area contributed by atoms with E-state index in [2.05, 4.69) is 5.32 Å². The van der Waals surface area contributed by atoms with Gasteiger partial charge in [0.25, 0.3) is 5.91 Å². The first kappa shape index (κ1) is 25.7. The average Bonchev–Trinajstić information content (AvgIpc) is 3.67. The first-order valence-electron chi connectivity index (χ1n) is 12.1. The molecule has 1 aliphatic carbocycles. The Labute approximate surface area is 219 Å². The maximum Gasteiger partial charge on any atom is 0.255 e. The molecule has 0 saturated heterocycles. The summed E-state index contributed by atoms with van der Waals surface area (Å²) < 4.78 is 51.5. The van der Waals surface area contributed by atoms with Gasteiger partial charge in [-0.05, 0) is 78.9 Å². The van der Waals surface area contributed by atoms with Gasteiger partial charge in [0, 0.05) is 24.1 Å². The fourth-order valence-electron chi connectivity index (χ4n) is 4.51. The molecule has 1 saturated carbocycles. The van der Waals surface area contributed by atoms with Gasteiger partial charge in [-0.3, -0.25) is 9.10 Å². The normalized spacial score (nSPS) is 13.5. The number of nitrogens with one attached hydrogen (secondary N) is 1. The molecule has 0 aliphatic heterocycles. The lowest BCUT2D eigenvalue weighted by Gasteiger charge is -2.24. The van der Waals surface area contributed by atoms with E-state index >= 15 is 0 Å². The van der Waals surface area contributed by atoms with Crippen LogP contribution in [-0.4, -0.2) is 45.9 Å². The van der Waals surface area contributed by atoms with Crippen LogP contribution in [0.15, 0.2) is 65.1 Å². The van der Waals surface area contributed by atoms with E-state index in [4.69, 9.17) is 9.15 Å². The van der Waals surface area contributed by atoms with Crippen LogP contribution in [0.2, 0.25) is 0 Å². The Bertz CT molecular complexity index is 1590. The summed E-state index contributed by atoms with van der Waals surface area (Å²) in [5.41, 5.74) is 2.57. The van der Waals surface area contributed by atoms with Gasteiger partial charge in [0.2, 0.25) is 10.0 Å². The minimum atomic E-state index is -3.67. The number of carbonyl (C=O) groups excluding carboxylic acids is 1. The van der Waals surface area contributed by atoms with Gasteiger partial charge in [0.1, 0.15) is 28.7 Å². The van der Waals surface area contributed by atoms with Crippen molar-refractivity contribution in [1.29, 1.82) is 0 Å². The number of aliphatic hydroxyl groups excluding tert-OH is 1. The van der Waals surface area contributed by atoms with Gasteiger partial charge < -0.3 is 19.6 Å². The van der Waals surface area contributed by atoms with Gasteiger partial charge in [-0.25, -0.2) is 12.8 Å². The van der Waals surface area contributed by atoms with Crippen LogP contribution in [-0.2, 0) is 10.0 Å². The number of hydrogen-bond acceptors (Lipinski definition) is 6. The van der Waals surface area contributed by atoms with Crippen molar-refractivity contribution in [3.8, 4) is 22.8 Å². The molecule has 1 amide bonds. The van der Waals surface area contributed by atoms with Crippen molar-refractivity contribution >= 4 is 32.6 Å². The smallest absolute Gasteiger partial charge is 0.255 e. The lowest BCUT2D eigenvalue weighted by atomic mass is 10.0. The molecule has 3 aromatic carbocycles. The van der Waals surface area contributed by atoms with E-state index in [1.807, 2.05) is 6.07 Å². The Morgan fingerprint density at radius 2 is 1.74 bits per heavy atom. The van der Waals surface area contributed by atoms with Gasteiger partial charge in [0.05, 0.1) is 30.7 Å². The molecular weight excluding hydrogens is 511 g/mol. The molecule has 0 bridgehead atoms. The van der Waals surface area contributed by atoms with Crippen molar-refractivity contribution < 1.29 is 31.9 Å². The molecule has 0 radical (unpaired) electrons. The van der Waals surface area contributed by atoms with Crippen LogP contribution < -0.4 is 14.4 Å². The summed E-state index contributed by atoms with van der Waals surface area (Å²) in [5, 5.41) is 12.8. The molecule has 1 heterocycles. The zero-order valence-electron chi connectivity index (χ0n) is 20.9. The second kappa shape index (κ2) is 10.1. The Morgan fingerprint density at radius 1 is 1.11 bits per heavy atom. The number of furan rings is 1. The highest BCUT2D eigenvalue weighted by atomic mass is 32.2. The number of amides is 1. The number of hydrogen-bond donors (Lipinski definition) is 2. The molecule has 38 heavy (non-hydrogen) atoms. The summed E-state index contributed by atoms with van der Waals surface area (Å²) in [7, 11) is -2.13. The maximum absolute atomic E-state index is 13.2. The molecule has 8 nitrogen and oxygen atoms in total. The molecule has 10 heteroatoms. The highest BCUT2D eigenvalue weighted by Crippen LogP contribution is 2.48. The Kier molecular flexibility index (Phi) is 6.85. The number of fused-ring (bicyclic) bond motifs is 1. The van der Waals surface area contributed by atoms with Crippen LogP contribution in [0.3, 0.4) is 0 Å². The fourth-order valence-corrected chi connectivity index (χ4v) is 5.44. The zero-order valence-corrected chi connectivity index (χ0v) is 21.7. The third-order valence-electron chi connectivity index (χ3n) is 6.45. The average molecular weight is 539 g/mol. The van der Waals surface area contributed by atoms with Crippen LogP contribution in [0, 0.1) is 5.82 Å². The van der Waals surface area contributed by atoms with Crippen LogP contribution in [0.25, 0.3) is 22.3 Å². The lowest BCUT2D eigenvalue weighted by Crippen LogP contribution is -2.33. The van der Waals surface area contributed by atoms with Crippen molar-refractivity contribution in [2.45, 2.75) is 18.8 Å². The van der Waals surface area contributed by atoms with E-state index in [0.29, 0.717) is 45.0 Å². The molecule has 1 aromatic heterocycles. The van der Waals surface area contributed by atoms with Gasteiger partial charge in [-0.1, -0.05) is 0 Å². The zero-order chi connectivity index (χ0) is 27.0. The largest absolute Gasteiger partial charge is 0.457 e. The number of ether oxygens (including phenoxy) is 1. The van der Waals surface area contributed by atoms with E-state index < -0.39 is 10.0 Å². The summed E-state index contributed by atoms with van der Waals surface area (Å²) >= 11 is 0. The van der Waals surface area contributed by atoms with Crippen molar-refractivity contribution in [1.82, 2.24) is 5.32 Å². The second-order valence-corrected chi connectivity index (χ2v) is 11.1. The van der Waals surface area contributed by atoms with E-state index in [9.17, 15) is 22.7 Å². The lowest BCUT2D eigenvalue weighted by molar-refractivity contribution is 0.0964. The number of sulfonamides is 1. The standard InChI is InChI=1S/C28H27FN2O6S/c1-30-28(33)26-23-15-22(17-3-4-17)24(31(13-14-32)38(2,34)35)16-25(23)37-27(26)18-5-9-20(10-6-18)36-21-11-7-19(29)8-12-21/h5-12,15-17,32H,3-4,13-14H2,1-2H3,(H,30,33). The third-order valence-corrected chi connectivity index (χ3v) is 7.63. The molecule has 1 fully saturated rings. The number of halogens is 1. The molecule has 1 aliphatic rings. The number of anilines is 1. The first-order chi connectivity index (χ1) is 18.2. The van der Waals surface area contributed by atoms with E-state index in [1.165, 1.54) is 35.6 Å². The molecule has 198 valence electrons. The predicted molar refractivity (Wildman–Crippen MR) is 143 cm³/mol. The fraction of sp³-hybridized carbons (Fsp3) is 0.250.